The molecule has 0 fully saturated rings. The topological polar surface area (TPSA) is 120 Å². The highest BCUT2D eigenvalue weighted by Crippen LogP contribution is 2.43. The Morgan fingerprint density at radius 1 is 0.571 bits per heavy atom. The number of hydrogen-bond donors (Lipinski definition) is 2. The molecule has 2 N–H and O–H groups in total. The molecule has 0 radical (unpaired) electrons. The largest absolute Gasteiger partial charge is 0.472 e. The second-order valence-corrected chi connectivity index (χ2v) is 15.6. The van der Waals surface area contributed by atoms with E-state index in [-0.39, 0.29) is 26.1 Å². The van der Waals surface area contributed by atoms with E-state index in [0.29, 0.717) is 19.4 Å². The number of esters is 2. The number of phosphoric ester groups is 1. The van der Waals surface area contributed by atoms with Gasteiger partial charge in [0.1, 0.15) is 6.61 Å². The fraction of sp³-hybridized carbons (Fsp3) is 0.696. The first-order valence-corrected chi connectivity index (χ1v) is 23.4. The Hall–Kier alpha value is -2.55. The number of hydrogen-bond acceptors (Lipinski definition) is 8. The minimum Gasteiger partial charge on any atom is -0.462 e. The summed E-state index contributed by atoms with van der Waals surface area (Å²) in [4.78, 5) is 35.1. The summed E-state index contributed by atoms with van der Waals surface area (Å²) in [6.45, 7) is 4.02. The summed E-state index contributed by atoms with van der Waals surface area (Å²) in [5.41, 5.74) is 0. The number of carbonyl (C=O) groups excluding carboxylic acids is 2. The van der Waals surface area contributed by atoms with Crippen LogP contribution in [0.3, 0.4) is 0 Å². The third-order valence-corrected chi connectivity index (χ3v) is 9.79. The number of likely N-dealkylation sites (N-methyl/N-ethyl adjacent to an activating group) is 1. The Morgan fingerprint density at radius 2 is 1.02 bits per heavy atom. The van der Waals surface area contributed by atoms with Gasteiger partial charge >= 0.3 is 19.8 Å². The molecule has 0 aliphatic rings. The summed E-state index contributed by atoms with van der Waals surface area (Å²) >= 11 is 0. The van der Waals surface area contributed by atoms with Crippen molar-refractivity contribution in [2.75, 3.05) is 33.4 Å². The van der Waals surface area contributed by atoms with Gasteiger partial charge in [-0.25, -0.2) is 4.57 Å². The van der Waals surface area contributed by atoms with Gasteiger partial charge < -0.3 is 19.7 Å². The Kier molecular flexibility index (Phi) is 40.2. The standard InChI is InChI=1S/C46H80NO8P/c1-4-6-8-10-12-14-16-18-20-21-22-23-25-27-29-31-33-35-37-39-46(49)55-44(43-54-56(50,51)53-41-40-47-3)42-52-45(48)38-36-34-32-30-28-26-24-19-17-15-13-11-9-7-5-2/h7,9,12-15,18-20,24,28,30,44,47H,4-6,8,10-11,16-17,21-23,25-27,29,31-43H2,1-3H3,(H,50,51)/b9-7-,14-12-,15-13-,20-18-,24-19-,30-28-. The predicted octanol–water partition coefficient (Wildman–Crippen LogP) is 12.5. The molecule has 0 bridgehead atoms. The summed E-state index contributed by atoms with van der Waals surface area (Å²) in [6, 6.07) is 0. The Morgan fingerprint density at radius 3 is 1.55 bits per heavy atom. The summed E-state index contributed by atoms with van der Waals surface area (Å²) in [6.07, 6.45) is 49.5. The average Bonchev–Trinajstić information content (AvgIpc) is 3.18. The first-order chi connectivity index (χ1) is 27.3. The minimum atomic E-state index is -4.36. The lowest BCUT2D eigenvalue weighted by Crippen LogP contribution is -2.29. The number of rotatable bonds is 40. The molecule has 0 aromatic heterocycles. The molecule has 0 saturated heterocycles. The molecule has 9 nitrogen and oxygen atoms in total. The van der Waals surface area contributed by atoms with Gasteiger partial charge in [0, 0.05) is 19.4 Å². The molecule has 322 valence electrons. The first-order valence-electron chi connectivity index (χ1n) is 21.9. The highest BCUT2D eigenvalue weighted by Gasteiger charge is 2.26. The Bertz CT molecular complexity index is 1150. The van der Waals surface area contributed by atoms with Crippen molar-refractivity contribution in [3.8, 4) is 0 Å². The molecule has 0 aliphatic carbocycles. The van der Waals surface area contributed by atoms with Gasteiger partial charge in [-0.3, -0.25) is 18.6 Å². The van der Waals surface area contributed by atoms with Gasteiger partial charge in [0.05, 0.1) is 13.2 Å². The average molecular weight is 806 g/mol. The van der Waals surface area contributed by atoms with Crippen molar-refractivity contribution in [2.45, 2.75) is 174 Å². The minimum absolute atomic E-state index is 0.0280. The van der Waals surface area contributed by atoms with E-state index < -0.39 is 32.5 Å². The number of ether oxygens (including phenoxy) is 2. The van der Waals surface area contributed by atoms with Crippen LogP contribution in [0.4, 0.5) is 0 Å². The van der Waals surface area contributed by atoms with Crippen LogP contribution in [-0.2, 0) is 32.7 Å². The molecule has 0 aromatic rings. The van der Waals surface area contributed by atoms with Crippen molar-refractivity contribution in [1.82, 2.24) is 5.32 Å². The SMILES string of the molecule is CC/C=C\C/C=C\C/C=C\C/C=C\CCCCC(=O)OCC(COP(=O)(O)OCCNC)OC(=O)CCCCCCCCCCC/C=C\C/C=C\CCCCC. The lowest BCUT2D eigenvalue weighted by molar-refractivity contribution is -0.161. The van der Waals surface area contributed by atoms with Gasteiger partial charge in [-0.2, -0.15) is 0 Å². The normalized spacial score (nSPS) is 14.0. The molecule has 0 rings (SSSR count). The van der Waals surface area contributed by atoms with Gasteiger partial charge in [-0.15, -0.1) is 0 Å². The van der Waals surface area contributed by atoms with Crippen molar-refractivity contribution in [3.63, 3.8) is 0 Å². The van der Waals surface area contributed by atoms with Crippen LogP contribution in [0.15, 0.2) is 72.9 Å². The van der Waals surface area contributed by atoms with Gasteiger partial charge in [-0.05, 0) is 90.5 Å². The van der Waals surface area contributed by atoms with Crippen LogP contribution in [0.25, 0.3) is 0 Å². The van der Waals surface area contributed by atoms with Crippen LogP contribution >= 0.6 is 7.82 Å². The van der Waals surface area contributed by atoms with E-state index in [2.05, 4.69) is 92.1 Å². The third-order valence-electron chi connectivity index (χ3n) is 8.81. The van der Waals surface area contributed by atoms with Crippen LogP contribution in [-0.4, -0.2) is 56.3 Å². The van der Waals surface area contributed by atoms with Crippen molar-refractivity contribution in [3.05, 3.63) is 72.9 Å². The smallest absolute Gasteiger partial charge is 0.462 e. The quantitative estimate of drug-likeness (QED) is 0.0270. The molecule has 56 heavy (non-hydrogen) atoms. The van der Waals surface area contributed by atoms with Crippen LogP contribution in [0.1, 0.15) is 168 Å². The second-order valence-electron chi connectivity index (χ2n) is 14.1. The fourth-order valence-corrected chi connectivity index (χ4v) is 6.26. The highest BCUT2D eigenvalue weighted by atomic mass is 31.2. The molecular weight excluding hydrogens is 725 g/mol. The zero-order chi connectivity index (χ0) is 41.1. The maximum absolute atomic E-state index is 12.6. The molecule has 0 spiro atoms. The van der Waals surface area contributed by atoms with E-state index in [0.717, 1.165) is 70.6 Å². The van der Waals surface area contributed by atoms with Crippen molar-refractivity contribution >= 4 is 19.8 Å². The van der Waals surface area contributed by atoms with Gasteiger partial charge in [-0.1, -0.05) is 145 Å². The molecule has 2 atom stereocenters. The third kappa shape index (κ3) is 41.1. The molecule has 0 saturated carbocycles. The number of phosphoric acid groups is 1. The monoisotopic (exact) mass is 806 g/mol. The first kappa shape index (κ1) is 53.5. The van der Waals surface area contributed by atoms with Crippen LogP contribution < -0.4 is 5.32 Å². The van der Waals surface area contributed by atoms with Gasteiger partial charge in [0.2, 0.25) is 0 Å². The molecule has 0 aliphatic heterocycles. The molecule has 0 amide bonds. The Balaban J connectivity index is 4.28. The number of carbonyl (C=O) groups is 2. The maximum atomic E-state index is 12.6. The zero-order valence-electron chi connectivity index (χ0n) is 35.6. The lowest BCUT2D eigenvalue weighted by atomic mass is 10.1. The van der Waals surface area contributed by atoms with Crippen LogP contribution in [0.2, 0.25) is 0 Å². The number of allylic oxidation sites excluding steroid dienone is 12. The van der Waals surface area contributed by atoms with Crippen molar-refractivity contribution < 1.29 is 37.6 Å². The van der Waals surface area contributed by atoms with E-state index >= 15 is 0 Å². The van der Waals surface area contributed by atoms with E-state index in [1.165, 1.54) is 57.8 Å². The Labute approximate surface area is 342 Å². The highest BCUT2D eigenvalue weighted by molar-refractivity contribution is 7.47. The zero-order valence-corrected chi connectivity index (χ0v) is 36.5. The predicted molar refractivity (Wildman–Crippen MR) is 233 cm³/mol. The second kappa shape index (κ2) is 42.1. The molecule has 10 heteroatoms. The van der Waals surface area contributed by atoms with Crippen LogP contribution in [0, 0.1) is 0 Å². The molecular formula is C46H80NO8P. The van der Waals surface area contributed by atoms with E-state index in [1.807, 2.05) is 0 Å². The van der Waals surface area contributed by atoms with E-state index in [1.54, 1.807) is 7.05 Å². The summed E-state index contributed by atoms with van der Waals surface area (Å²) < 4.78 is 33.1. The summed E-state index contributed by atoms with van der Waals surface area (Å²) in [5, 5.41) is 2.82. The van der Waals surface area contributed by atoms with Crippen LogP contribution in [0.5, 0.6) is 0 Å². The van der Waals surface area contributed by atoms with Crippen molar-refractivity contribution in [1.29, 1.82) is 0 Å². The fourth-order valence-electron chi connectivity index (χ4n) is 5.51. The lowest BCUT2D eigenvalue weighted by Gasteiger charge is -2.20. The summed E-state index contributed by atoms with van der Waals surface area (Å²) in [5.74, 6) is -0.865. The molecule has 0 aromatic carbocycles. The van der Waals surface area contributed by atoms with Gasteiger partial charge in [0.25, 0.3) is 0 Å². The number of unbranched alkanes of at least 4 members (excludes halogenated alkanes) is 14. The number of nitrogens with one attached hydrogen (secondary N) is 1. The molecule has 2 unspecified atom stereocenters. The molecule has 0 heterocycles. The maximum Gasteiger partial charge on any atom is 0.472 e. The van der Waals surface area contributed by atoms with Gasteiger partial charge in [0.15, 0.2) is 6.10 Å². The van der Waals surface area contributed by atoms with E-state index in [4.69, 9.17) is 18.5 Å². The van der Waals surface area contributed by atoms with Crippen molar-refractivity contribution in [2.24, 2.45) is 0 Å². The summed E-state index contributed by atoms with van der Waals surface area (Å²) in [7, 11) is -2.67. The van der Waals surface area contributed by atoms with E-state index in [9.17, 15) is 19.0 Å².